The van der Waals surface area contributed by atoms with Crippen molar-refractivity contribution in [2.75, 3.05) is 32.9 Å². The van der Waals surface area contributed by atoms with Crippen LogP contribution in [0.15, 0.2) is 0 Å². The van der Waals surface area contributed by atoms with Crippen LogP contribution in [0.5, 0.6) is 0 Å². The molecule has 0 saturated carbocycles. The first kappa shape index (κ1) is 16.4. The summed E-state index contributed by atoms with van der Waals surface area (Å²) < 4.78 is 15.7. The highest BCUT2D eigenvalue weighted by Gasteiger charge is 2.11. The topological polar surface area (TPSA) is 79.7 Å². The molecule has 0 atom stereocenters. The van der Waals surface area contributed by atoms with Gasteiger partial charge in [0.1, 0.15) is 0 Å². The Bertz CT molecular complexity index is 82.4. The Balaban J connectivity index is 0. The zero-order chi connectivity index (χ0) is 11.2. The molecule has 0 aromatic heterocycles. The highest BCUT2D eigenvalue weighted by Crippen LogP contribution is 1.90. The molecule has 0 bridgehead atoms. The van der Waals surface area contributed by atoms with Crippen molar-refractivity contribution in [1.82, 2.24) is 0 Å². The van der Waals surface area contributed by atoms with Gasteiger partial charge in [-0.3, -0.25) is 0 Å². The molecule has 5 nitrogen and oxygen atoms in total. The Hall–Kier alpha value is 0.0169. The van der Waals surface area contributed by atoms with Gasteiger partial charge in [0.2, 0.25) is 0 Å². The van der Waals surface area contributed by atoms with Gasteiger partial charge in [-0.15, -0.1) is 0 Å². The molecule has 0 aliphatic rings. The second-order valence-corrected chi connectivity index (χ2v) is 3.81. The average Bonchev–Trinajstić information content (AvgIpc) is 2.20. The van der Waals surface area contributed by atoms with Crippen LogP contribution in [0.2, 0.25) is 0 Å². The number of hydrogen-bond donors (Lipinski definition) is 2. The van der Waals surface area contributed by atoms with Gasteiger partial charge < -0.3 is 24.7 Å². The van der Waals surface area contributed by atoms with Crippen molar-refractivity contribution in [3.8, 4) is 0 Å². The van der Waals surface area contributed by atoms with Gasteiger partial charge in [-0.1, -0.05) is 0 Å². The van der Waals surface area contributed by atoms with E-state index in [0.717, 1.165) is 0 Å². The number of nitrogens with two attached hydrogens (primary N) is 2. The molecule has 0 aromatic rings. The van der Waals surface area contributed by atoms with Crippen LogP contribution in [0, 0.1) is 0 Å². The molecule has 6 heteroatoms. The van der Waals surface area contributed by atoms with E-state index in [0.29, 0.717) is 32.9 Å². The standard InChI is InChI=1S/C6H16O3Si.C2H8N2/c1-4-7-10(8-5-2)9-6-3;3-1-2-4/h10H,4-6H2,1-3H3;1-4H2. The summed E-state index contributed by atoms with van der Waals surface area (Å²) in [7, 11) is -1.73. The van der Waals surface area contributed by atoms with Gasteiger partial charge in [0.25, 0.3) is 0 Å². The van der Waals surface area contributed by atoms with E-state index in [1.807, 2.05) is 20.8 Å². The fraction of sp³-hybridized carbons (Fsp3) is 1.00. The Morgan fingerprint density at radius 3 is 1.21 bits per heavy atom. The van der Waals surface area contributed by atoms with Crippen LogP contribution in [-0.4, -0.2) is 42.4 Å². The Kier molecular flexibility index (Phi) is 18.2. The lowest BCUT2D eigenvalue weighted by molar-refractivity contribution is 0.107. The summed E-state index contributed by atoms with van der Waals surface area (Å²) in [5, 5.41) is 0. The molecule has 0 unspecified atom stereocenters. The SMILES string of the molecule is CCO[SiH](OCC)OCC.NCCN. The van der Waals surface area contributed by atoms with Crippen molar-refractivity contribution >= 4 is 9.53 Å². The lowest BCUT2D eigenvalue weighted by Gasteiger charge is -2.12. The van der Waals surface area contributed by atoms with Crippen LogP contribution < -0.4 is 11.5 Å². The van der Waals surface area contributed by atoms with Crippen LogP contribution in [0.1, 0.15) is 20.8 Å². The zero-order valence-electron chi connectivity index (χ0n) is 9.49. The van der Waals surface area contributed by atoms with E-state index in [1.165, 1.54) is 0 Å². The maximum atomic E-state index is 5.22. The maximum Gasteiger partial charge on any atom is 0.484 e. The highest BCUT2D eigenvalue weighted by atomic mass is 28.3. The van der Waals surface area contributed by atoms with Crippen LogP contribution in [0.3, 0.4) is 0 Å². The third-order valence-electron chi connectivity index (χ3n) is 1.07. The highest BCUT2D eigenvalue weighted by molar-refractivity contribution is 6.36. The van der Waals surface area contributed by atoms with Gasteiger partial charge in [-0.05, 0) is 20.8 Å². The summed E-state index contributed by atoms with van der Waals surface area (Å²) in [6.07, 6.45) is 0. The van der Waals surface area contributed by atoms with Crippen molar-refractivity contribution in [1.29, 1.82) is 0 Å². The average molecular weight is 224 g/mol. The van der Waals surface area contributed by atoms with Crippen LogP contribution in [-0.2, 0) is 13.3 Å². The molecular weight excluding hydrogens is 200 g/mol. The van der Waals surface area contributed by atoms with Gasteiger partial charge in [-0.2, -0.15) is 0 Å². The normalized spacial score (nSPS) is 9.86. The third kappa shape index (κ3) is 14.5. The lowest BCUT2D eigenvalue weighted by atomic mass is 10.7. The molecule has 0 radical (unpaired) electrons. The fourth-order valence-electron chi connectivity index (χ4n) is 0.553. The van der Waals surface area contributed by atoms with Crippen LogP contribution in [0.4, 0.5) is 0 Å². The van der Waals surface area contributed by atoms with E-state index >= 15 is 0 Å². The van der Waals surface area contributed by atoms with Crippen LogP contribution in [0.25, 0.3) is 0 Å². The number of hydrogen-bond acceptors (Lipinski definition) is 5. The summed E-state index contributed by atoms with van der Waals surface area (Å²) in [5.41, 5.74) is 9.81. The molecule has 14 heavy (non-hydrogen) atoms. The molecule has 0 aliphatic heterocycles. The lowest BCUT2D eigenvalue weighted by Crippen LogP contribution is -2.27. The monoisotopic (exact) mass is 224 g/mol. The van der Waals surface area contributed by atoms with Gasteiger partial charge in [0.05, 0.1) is 0 Å². The van der Waals surface area contributed by atoms with Crippen molar-refractivity contribution in [2.24, 2.45) is 11.5 Å². The second kappa shape index (κ2) is 15.5. The molecule has 0 heterocycles. The predicted octanol–water partition coefficient (Wildman–Crippen LogP) is -0.283. The van der Waals surface area contributed by atoms with E-state index in [-0.39, 0.29) is 0 Å². The second-order valence-electron chi connectivity index (χ2n) is 2.23. The molecule has 4 N–H and O–H groups in total. The first-order chi connectivity index (χ1) is 6.76. The molecule has 0 fully saturated rings. The van der Waals surface area contributed by atoms with Gasteiger partial charge in [0, 0.05) is 32.9 Å². The minimum absolute atomic E-state index is 0.597. The Morgan fingerprint density at radius 2 is 1.07 bits per heavy atom. The maximum absolute atomic E-state index is 5.22. The first-order valence-electron chi connectivity index (χ1n) is 5.01. The smallest absolute Gasteiger partial charge is 0.376 e. The molecule has 0 rings (SSSR count). The Labute approximate surface area is 88.7 Å². The van der Waals surface area contributed by atoms with Crippen molar-refractivity contribution in [3.63, 3.8) is 0 Å². The van der Waals surface area contributed by atoms with Gasteiger partial charge in [0.15, 0.2) is 0 Å². The molecule has 0 aliphatic carbocycles. The number of rotatable bonds is 7. The molecular formula is C8H24N2O3Si. The minimum atomic E-state index is -1.73. The minimum Gasteiger partial charge on any atom is -0.376 e. The molecule has 88 valence electrons. The summed E-state index contributed by atoms with van der Waals surface area (Å²) in [4.78, 5) is 0. The van der Waals surface area contributed by atoms with Gasteiger partial charge >= 0.3 is 9.53 Å². The third-order valence-corrected chi connectivity index (χ3v) is 2.89. The summed E-state index contributed by atoms with van der Waals surface area (Å²) in [5.74, 6) is 0. The van der Waals surface area contributed by atoms with Gasteiger partial charge in [-0.25, -0.2) is 0 Å². The summed E-state index contributed by atoms with van der Waals surface area (Å²) in [6.45, 7) is 9.05. The summed E-state index contributed by atoms with van der Waals surface area (Å²) >= 11 is 0. The van der Waals surface area contributed by atoms with E-state index < -0.39 is 9.53 Å². The van der Waals surface area contributed by atoms with E-state index in [2.05, 4.69) is 0 Å². The molecule has 0 amide bonds. The largest absolute Gasteiger partial charge is 0.484 e. The van der Waals surface area contributed by atoms with E-state index in [9.17, 15) is 0 Å². The van der Waals surface area contributed by atoms with E-state index in [4.69, 9.17) is 24.7 Å². The van der Waals surface area contributed by atoms with Crippen molar-refractivity contribution in [3.05, 3.63) is 0 Å². The fourth-order valence-corrected chi connectivity index (χ4v) is 1.66. The quantitative estimate of drug-likeness (QED) is 0.581. The van der Waals surface area contributed by atoms with Crippen LogP contribution >= 0.6 is 0 Å². The summed E-state index contributed by atoms with van der Waals surface area (Å²) in [6, 6.07) is 0. The van der Waals surface area contributed by atoms with Crippen molar-refractivity contribution < 1.29 is 13.3 Å². The molecule has 0 spiro atoms. The molecule has 0 aromatic carbocycles. The van der Waals surface area contributed by atoms with E-state index in [1.54, 1.807) is 0 Å². The zero-order valence-corrected chi connectivity index (χ0v) is 10.6. The molecule has 0 saturated heterocycles. The Morgan fingerprint density at radius 1 is 0.786 bits per heavy atom. The van der Waals surface area contributed by atoms with Crippen molar-refractivity contribution in [2.45, 2.75) is 20.8 Å². The predicted molar refractivity (Wildman–Crippen MR) is 60.1 cm³/mol. The first-order valence-corrected chi connectivity index (χ1v) is 6.43.